The van der Waals surface area contributed by atoms with Crippen LogP contribution in [0.25, 0.3) is 0 Å². The molecule has 2 heterocycles. The number of hydrogen-bond donors (Lipinski definition) is 0. The van der Waals surface area contributed by atoms with Gasteiger partial charge >= 0.3 is 0 Å². The first-order valence-electron chi connectivity index (χ1n) is 9.17. The second-order valence-corrected chi connectivity index (χ2v) is 7.92. The molecule has 1 aromatic heterocycles. The van der Waals surface area contributed by atoms with Gasteiger partial charge in [0.1, 0.15) is 0 Å². The Morgan fingerprint density at radius 1 is 1.27 bits per heavy atom. The number of carbonyl (C=O) groups excluding carboxylic acids is 2. The fourth-order valence-corrected chi connectivity index (χ4v) is 4.27. The van der Waals surface area contributed by atoms with Gasteiger partial charge in [-0.05, 0) is 44.4 Å². The first kappa shape index (κ1) is 18.8. The van der Waals surface area contributed by atoms with Gasteiger partial charge in [0.05, 0.1) is 10.4 Å². The number of hydrogen-bond acceptors (Lipinski definition) is 4. The van der Waals surface area contributed by atoms with Crippen LogP contribution in [0.2, 0.25) is 0 Å². The van der Waals surface area contributed by atoms with Crippen LogP contribution in [0.3, 0.4) is 0 Å². The van der Waals surface area contributed by atoms with Crippen molar-refractivity contribution in [3.63, 3.8) is 0 Å². The SMILES string of the molecule is CC(=O)c1cc(C(=O)N(C)[C@@H]2CCCN(CCc3ccccc3)C2)cs1. The molecule has 138 valence electrons. The summed E-state index contributed by atoms with van der Waals surface area (Å²) in [4.78, 5) is 29.2. The van der Waals surface area contributed by atoms with Crippen LogP contribution in [-0.2, 0) is 6.42 Å². The number of carbonyl (C=O) groups is 2. The molecular formula is C21H26N2O2S. The second kappa shape index (κ2) is 8.60. The molecule has 0 radical (unpaired) electrons. The van der Waals surface area contributed by atoms with Crippen LogP contribution in [-0.4, -0.2) is 54.2 Å². The third kappa shape index (κ3) is 4.59. The minimum Gasteiger partial charge on any atom is -0.337 e. The van der Waals surface area contributed by atoms with Crippen molar-refractivity contribution in [2.45, 2.75) is 32.2 Å². The van der Waals surface area contributed by atoms with Crippen LogP contribution in [0.5, 0.6) is 0 Å². The predicted molar refractivity (Wildman–Crippen MR) is 106 cm³/mol. The molecule has 0 bridgehead atoms. The molecule has 2 aromatic rings. The standard InChI is InChI=1S/C21H26N2O2S/c1-16(24)20-13-18(15-26-20)21(25)22(2)19-9-6-11-23(14-19)12-10-17-7-4-3-5-8-17/h3-5,7-8,13,15,19H,6,9-12,14H2,1-2H3/t19-/m1/s1. The molecule has 1 aromatic carbocycles. The Hall–Kier alpha value is -1.98. The summed E-state index contributed by atoms with van der Waals surface area (Å²) in [5.74, 6) is 0.0325. The molecule has 1 aliphatic heterocycles. The summed E-state index contributed by atoms with van der Waals surface area (Å²) in [7, 11) is 1.89. The monoisotopic (exact) mass is 370 g/mol. The molecule has 5 heteroatoms. The Morgan fingerprint density at radius 2 is 2.04 bits per heavy atom. The van der Waals surface area contributed by atoms with Gasteiger partial charge in [-0.1, -0.05) is 30.3 Å². The molecule has 1 amide bonds. The van der Waals surface area contributed by atoms with Crippen LogP contribution in [0.15, 0.2) is 41.8 Å². The predicted octanol–water partition coefficient (Wildman–Crippen LogP) is 3.73. The molecule has 1 atom stereocenters. The van der Waals surface area contributed by atoms with Gasteiger partial charge in [-0.25, -0.2) is 0 Å². The van der Waals surface area contributed by atoms with Gasteiger partial charge < -0.3 is 9.80 Å². The maximum atomic E-state index is 12.8. The molecule has 3 rings (SSSR count). The van der Waals surface area contributed by atoms with E-state index in [4.69, 9.17) is 0 Å². The highest BCUT2D eigenvalue weighted by Crippen LogP contribution is 2.21. The van der Waals surface area contributed by atoms with E-state index in [9.17, 15) is 9.59 Å². The van der Waals surface area contributed by atoms with E-state index < -0.39 is 0 Å². The summed E-state index contributed by atoms with van der Waals surface area (Å²) in [5.41, 5.74) is 1.98. The Bertz CT molecular complexity index is 756. The van der Waals surface area contributed by atoms with Crippen LogP contribution >= 0.6 is 11.3 Å². The smallest absolute Gasteiger partial charge is 0.254 e. The zero-order chi connectivity index (χ0) is 18.5. The normalized spacial score (nSPS) is 17.8. The first-order chi connectivity index (χ1) is 12.5. The first-order valence-corrected chi connectivity index (χ1v) is 10.1. The average molecular weight is 371 g/mol. The zero-order valence-electron chi connectivity index (χ0n) is 15.5. The topological polar surface area (TPSA) is 40.6 Å². The number of rotatable bonds is 6. The maximum absolute atomic E-state index is 12.8. The van der Waals surface area contributed by atoms with E-state index in [1.54, 1.807) is 11.4 Å². The van der Waals surface area contributed by atoms with Gasteiger partial charge in [-0.15, -0.1) is 11.3 Å². The molecule has 0 N–H and O–H groups in total. The van der Waals surface area contributed by atoms with Crippen molar-refractivity contribution in [1.29, 1.82) is 0 Å². The molecule has 0 spiro atoms. The van der Waals surface area contributed by atoms with E-state index in [0.29, 0.717) is 10.4 Å². The Kier molecular flexibility index (Phi) is 6.22. The van der Waals surface area contributed by atoms with Gasteiger partial charge in [0.25, 0.3) is 5.91 Å². The molecule has 0 unspecified atom stereocenters. The number of piperidine rings is 1. The highest BCUT2D eigenvalue weighted by atomic mass is 32.1. The van der Waals surface area contributed by atoms with Crippen LogP contribution in [0, 0.1) is 0 Å². The number of ketones is 1. The molecule has 4 nitrogen and oxygen atoms in total. The summed E-state index contributed by atoms with van der Waals surface area (Å²) in [6.07, 6.45) is 3.19. The molecule has 26 heavy (non-hydrogen) atoms. The lowest BCUT2D eigenvalue weighted by molar-refractivity contribution is 0.0620. The summed E-state index contributed by atoms with van der Waals surface area (Å²) < 4.78 is 0. The van der Waals surface area contributed by atoms with E-state index in [2.05, 4.69) is 29.2 Å². The second-order valence-electron chi connectivity index (χ2n) is 7.00. The van der Waals surface area contributed by atoms with Crippen LogP contribution in [0.4, 0.5) is 0 Å². The van der Waals surface area contributed by atoms with Crippen molar-refractivity contribution in [3.05, 3.63) is 57.8 Å². The quantitative estimate of drug-likeness (QED) is 0.728. The van der Waals surface area contributed by atoms with E-state index >= 15 is 0 Å². The summed E-state index contributed by atoms with van der Waals surface area (Å²) in [5, 5.41) is 1.80. The number of benzene rings is 1. The van der Waals surface area contributed by atoms with Crippen LogP contribution in [0.1, 0.15) is 45.4 Å². The number of nitrogens with zero attached hydrogens (tertiary/aromatic N) is 2. The minimum atomic E-state index is 0.0152. The Labute approximate surface area is 159 Å². The van der Waals surface area contributed by atoms with Gasteiger partial charge in [0.2, 0.25) is 0 Å². The molecule has 1 fully saturated rings. The van der Waals surface area contributed by atoms with Crippen molar-refractivity contribution in [1.82, 2.24) is 9.80 Å². The van der Waals surface area contributed by atoms with Crippen molar-refractivity contribution in [2.24, 2.45) is 0 Å². The third-order valence-corrected chi connectivity index (χ3v) is 6.13. The molecule has 0 aliphatic carbocycles. The lowest BCUT2D eigenvalue weighted by atomic mass is 10.0. The lowest BCUT2D eigenvalue weighted by Crippen LogP contribution is -2.48. The molecular weight excluding hydrogens is 344 g/mol. The molecule has 1 saturated heterocycles. The van der Waals surface area contributed by atoms with Crippen molar-refractivity contribution < 1.29 is 9.59 Å². The van der Waals surface area contributed by atoms with Crippen molar-refractivity contribution in [2.75, 3.05) is 26.7 Å². The fourth-order valence-electron chi connectivity index (χ4n) is 3.48. The van der Waals surface area contributed by atoms with Gasteiger partial charge in [0, 0.05) is 31.6 Å². The van der Waals surface area contributed by atoms with E-state index in [-0.39, 0.29) is 17.7 Å². The third-order valence-electron chi connectivity index (χ3n) is 5.10. The fraction of sp³-hybridized carbons (Fsp3) is 0.429. The number of likely N-dealkylation sites (N-methyl/N-ethyl adjacent to an activating group) is 1. The van der Waals surface area contributed by atoms with Gasteiger partial charge in [-0.3, -0.25) is 9.59 Å². The van der Waals surface area contributed by atoms with Crippen molar-refractivity contribution >= 4 is 23.0 Å². The lowest BCUT2D eigenvalue weighted by Gasteiger charge is -2.37. The molecule has 0 saturated carbocycles. The maximum Gasteiger partial charge on any atom is 0.254 e. The number of amides is 1. The number of Topliss-reactive ketones (excluding diaryl/α,β-unsaturated/α-hetero) is 1. The Balaban J connectivity index is 1.57. The number of likely N-dealkylation sites (tertiary alicyclic amines) is 1. The Morgan fingerprint density at radius 3 is 2.73 bits per heavy atom. The highest BCUT2D eigenvalue weighted by Gasteiger charge is 2.27. The van der Waals surface area contributed by atoms with Gasteiger partial charge in [-0.2, -0.15) is 0 Å². The highest BCUT2D eigenvalue weighted by molar-refractivity contribution is 7.12. The molecule has 1 aliphatic rings. The van der Waals surface area contributed by atoms with E-state index in [1.165, 1.54) is 23.8 Å². The largest absolute Gasteiger partial charge is 0.337 e. The van der Waals surface area contributed by atoms with E-state index in [0.717, 1.165) is 38.9 Å². The minimum absolute atomic E-state index is 0.0152. The van der Waals surface area contributed by atoms with Gasteiger partial charge in [0.15, 0.2) is 5.78 Å². The van der Waals surface area contributed by atoms with Crippen molar-refractivity contribution in [3.8, 4) is 0 Å². The zero-order valence-corrected chi connectivity index (χ0v) is 16.3. The number of thiophene rings is 1. The van der Waals surface area contributed by atoms with Crippen LogP contribution < -0.4 is 0 Å². The van der Waals surface area contributed by atoms with E-state index in [1.807, 2.05) is 18.0 Å². The summed E-state index contributed by atoms with van der Waals surface area (Å²) in [6, 6.07) is 12.5. The summed E-state index contributed by atoms with van der Waals surface area (Å²) >= 11 is 1.35. The summed E-state index contributed by atoms with van der Waals surface area (Å²) in [6.45, 7) is 4.57. The average Bonchev–Trinajstić information content (AvgIpc) is 3.17.